The molecule has 174 valence electrons. The second-order valence-corrected chi connectivity index (χ2v) is 7.90. The third-order valence-electron chi connectivity index (χ3n) is 4.58. The van der Waals surface area contributed by atoms with Crippen molar-refractivity contribution in [2.45, 2.75) is 6.18 Å². The molecule has 0 aliphatic heterocycles. The molecule has 0 aliphatic rings. The van der Waals surface area contributed by atoms with Crippen molar-refractivity contribution in [2.24, 2.45) is 0 Å². The largest absolute Gasteiger partial charge is 0.484 e. The van der Waals surface area contributed by atoms with Crippen LogP contribution in [0.2, 0.25) is 0 Å². The number of nitrogens with one attached hydrogen (secondary N) is 2. The Morgan fingerprint density at radius 2 is 1.71 bits per heavy atom. The Morgan fingerprint density at radius 1 is 0.971 bits per heavy atom. The summed E-state index contributed by atoms with van der Waals surface area (Å²) in [6.45, 7) is -0.296. The van der Waals surface area contributed by atoms with Crippen LogP contribution in [0.4, 0.5) is 13.2 Å². The Bertz CT molecular complexity index is 1270. The first-order valence-electron chi connectivity index (χ1n) is 9.90. The Kier molecular flexibility index (Phi) is 6.64. The lowest BCUT2D eigenvalue weighted by Gasteiger charge is -2.10. The van der Waals surface area contributed by atoms with Crippen molar-refractivity contribution in [1.29, 1.82) is 0 Å². The van der Waals surface area contributed by atoms with Crippen LogP contribution >= 0.6 is 11.3 Å². The Hall–Kier alpha value is -4.12. The Morgan fingerprint density at radius 3 is 2.35 bits per heavy atom. The number of carbonyl (C=O) groups excluding carboxylic acids is 2. The quantitative estimate of drug-likeness (QED) is 0.394. The summed E-state index contributed by atoms with van der Waals surface area (Å²) in [5.74, 6) is -0.658. The molecule has 0 saturated heterocycles. The van der Waals surface area contributed by atoms with Crippen LogP contribution in [0.5, 0.6) is 5.75 Å². The number of alkyl halides is 3. The molecule has 0 atom stereocenters. The molecule has 34 heavy (non-hydrogen) atoms. The minimum atomic E-state index is -4.60. The van der Waals surface area contributed by atoms with Crippen LogP contribution in [0, 0.1) is 0 Å². The van der Waals surface area contributed by atoms with Gasteiger partial charge in [0.25, 0.3) is 11.8 Å². The molecule has 2 aromatic carbocycles. The number of amides is 2. The predicted molar refractivity (Wildman–Crippen MR) is 119 cm³/mol. The monoisotopic (exact) mass is 486 g/mol. The average molecular weight is 486 g/mol. The fourth-order valence-corrected chi connectivity index (χ4v) is 3.70. The van der Waals surface area contributed by atoms with E-state index in [1.165, 1.54) is 40.3 Å². The molecule has 0 radical (unpaired) electrons. The van der Waals surface area contributed by atoms with Crippen molar-refractivity contribution < 1.29 is 27.5 Å². The summed E-state index contributed by atoms with van der Waals surface area (Å²) in [7, 11) is 0. The zero-order valence-corrected chi connectivity index (χ0v) is 18.2. The lowest BCUT2D eigenvalue weighted by Crippen LogP contribution is -2.43. The summed E-state index contributed by atoms with van der Waals surface area (Å²) in [6, 6.07) is 18.9. The van der Waals surface area contributed by atoms with Gasteiger partial charge in [0.1, 0.15) is 5.75 Å². The average Bonchev–Trinajstić information content (AvgIpc) is 3.52. The normalized spacial score (nSPS) is 11.1. The molecule has 0 unspecified atom stereocenters. The zero-order chi connectivity index (χ0) is 24.1. The third-order valence-corrected chi connectivity index (χ3v) is 5.47. The first kappa shape index (κ1) is 23.1. The van der Waals surface area contributed by atoms with Crippen molar-refractivity contribution >= 4 is 23.2 Å². The molecule has 4 aromatic rings. The van der Waals surface area contributed by atoms with E-state index >= 15 is 0 Å². The van der Waals surface area contributed by atoms with E-state index in [-0.39, 0.29) is 17.9 Å². The summed E-state index contributed by atoms with van der Waals surface area (Å²) in [4.78, 5) is 24.8. The Balaban J connectivity index is 1.42. The number of halogens is 3. The molecule has 0 bridgehead atoms. The first-order valence-corrected chi connectivity index (χ1v) is 10.8. The van der Waals surface area contributed by atoms with Crippen LogP contribution in [0.25, 0.3) is 16.3 Å². The second kappa shape index (κ2) is 9.79. The summed E-state index contributed by atoms with van der Waals surface area (Å²) in [5.41, 5.74) is 4.30. The van der Waals surface area contributed by atoms with Gasteiger partial charge in [0.2, 0.25) is 0 Å². The summed E-state index contributed by atoms with van der Waals surface area (Å²) >= 11 is 1.29. The number of para-hydroxylation sites is 1. The minimum Gasteiger partial charge on any atom is -0.484 e. The van der Waals surface area contributed by atoms with E-state index in [2.05, 4.69) is 16.0 Å². The number of carbonyl (C=O) groups is 2. The SMILES string of the molecule is O=C(COc1ccccc1)NNC(=O)c1ccc(-n2nc(C(F)(F)F)cc2-c2cccs2)cc1. The maximum Gasteiger partial charge on any atom is 0.435 e. The standard InChI is InChI=1S/C23H17F3N4O3S/c24-23(25,26)20-13-18(19-7-4-12-34-19)30(29-20)16-10-8-15(9-11-16)22(32)28-27-21(31)14-33-17-5-2-1-3-6-17/h1-13H,14H2,(H,27,31)(H,28,32). The molecule has 0 aliphatic carbocycles. The van der Waals surface area contributed by atoms with Crippen LogP contribution in [-0.2, 0) is 11.0 Å². The van der Waals surface area contributed by atoms with Gasteiger partial charge in [-0.05, 0) is 53.9 Å². The number of nitrogens with zero attached hydrogens (tertiary/aromatic N) is 2. The van der Waals surface area contributed by atoms with Crippen LogP contribution in [0.3, 0.4) is 0 Å². The van der Waals surface area contributed by atoms with E-state index in [1.807, 2.05) is 6.07 Å². The number of ether oxygens (including phenoxy) is 1. The number of thiophene rings is 1. The number of aromatic nitrogens is 2. The Labute approximate surface area is 195 Å². The molecule has 2 heterocycles. The second-order valence-electron chi connectivity index (χ2n) is 6.95. The van der Waals surface area contributed by atoms with Crippen LogP contribution in [0.15, 0.2) is 78.2 Å². The molecule has 0 spiro atoms. The lowest BCUT2D eigenvalue weighted by molar-refractivity contribution is -0.141. The van der Waals surface area contributed by atoms with Crippen molar-refractivity contribution in [1.82, 2.24) is 20.6 Å². The van der Waals surface area contributed by atoms with Crippen molar-refractivity contribution in [3.8, 4) is 22.0 Å². The van der Waals surface area contributed by atoms with Gasteiger partial charge in [-0.1, -0.05) is 24.3 Å². The molecule has 2 amide bonds. The van der Waals surface area contributed by atoms with Crippen molar-refractivity contribution in [3.05, 3.63) is 89.4 Å². The molecular formula is C23H17F3N4O3S. The topological polar surface area (TPSA) is 85.3 Å². The third kappa shape index (κ3) is 5.44. The molecule has 2 N–H and O–H groups in total. The maximum atomic E-state index is 13.2. The van der Waals surface area contributed by atoms with E-state index in [4.69, 9.17) is 4.74 Å². The van der Waals surface area contributed by atoms with Crippen LogP contribution < -0.4 is 15.6 Å². The van der Waals surface area contributed by atoms with Gasteiger partial charge in [0.05, 0.1) is 16.3 Å². The highest BCUT2D eigenvalue weighted by Gasteiger charge is 2.35. The summed E-state index contributed by atoms with van der Waals surface area (Å²) < 4.78 is 46.2. The number of rotatable bonds is 6. The van der Waals surface area contributed by atoms with Gasteiger partial charge in [0.15, 0.2) is 12.3 Å². The van der Waals surface area contributed by atoms with E-state index in [0.29, 0.717) is 16.3 Å². The van der Waals surface area contributed by atoms with Gasteiger partial charge in [-0.25, -0.2) is 4.68 Å². The fraction of sp³-hybridized carbons (Fsp3) is 0.0870. The van der Waals surface area contributed by atoms with Gasteiger partial charge >= 0.3 is 6.18 Å². The maximum absolute atomic E-state index is 13.2. The highest BCUT2D eigenvalue weighted by Crippen LogP contribution is 2.34. The molecule has 0 fully saturated rings. The predicted octanol–water partition coefficient (Wildman–Crippen LogP) is 4.46. The highest BCUT2D eigenvalue weighted by molar-refractivity contribution is 7.13. The highest BCUT2D eigenvalue weighted by atomic mass is 32.1. The van der Waals surface area contributed by atoms with Gasteiger partial charge in [0, 0.05) is 5.56 Å². The molecule has 11 heteroatoms. The molecule has 7 nitrogen and oxygen atoms in total. The molecular weight excluding hydrogens is 469 g/mol. The number of hydrogen-bond acceptors (Lipinski definition) is 5. The van der Waals surface area contributed by atoms with E-state index in [0.717, 1.165) is 6.07 Å². The van der Waals surface area contributed by atoms with Crippen molar-refractivity contribution in [3.63, 3.8) is 0 Å². The number of benzene rings is 2. The van der Waals surface area contributed by atoms with E-state index in [9.17, 15) is 22.8 Å². The van der Waals surface area contributed by atoms with Crippen molar-refractivity contribution in [2.75, 3.05) is 6.61 Å². The smallest absolute Gasteiger partial charge is 0.435 e. The minimum absolute atomic E-state index is 0.189. The molecule has 4 rings (SSSR count). The van der Waals surface area contributed by atoms with Gasteiger partial charge < -0.3 is 4.74 Å². The summed E-state index contributed by atoms with van der Waals surface area (Å²) in [5, 5.41) is 5.47. The number of hydrogen-bond donors (Lipinski definition) is 2. The van der Waals surface area contributed by atoms with Gasteiger partial charge in [-0.2, -0.15) is 18.3 Å². The lowest BCUT2D eigenvalue weighted by atomic mass is 10.2. The van der Waals surface area contributed by atoms with E-state index < -0.39 is 23.7 Å². The first-order chi connectivity index (χ1) is 16.3. The van der Waals surface area contributed by atoms with Crippen LogP contribution in [0.1, 0.15) is 16.1 Å². The van der Waals surface area contributed by atoms with Gasteiger partial charge in [-0.3, -0.25) is 20.4 Å². The fourth-order valence-electron chi connectivity index (χ4n) is 2.97. The van der Waals surface area contributed by atoms with E-state index in [1.54, 1.807) is 41.8 Å². The summed E-state index contributed by atoms with van der Waals surface area (Å²) in [6.07, 6.45) is -4.60. The van der Waals surface area contributed by atoms with Crippen LogP contribution in [-0.4, -0.2) is 28.2 Å². The van der Waals surface area contributed by atoms with Gasteiger partial charge in [-0.15, -0.1) is 11.3 Å². The zero-order valence-electron chi connectivity index (χ0n) is 17.4. The molecule has 2 aromatic heterocycles. The molecule has 0 saturated carbocycles. The number of hydrazine groups is 1.